The third-order valence-corrected chi connectivity index (χ3v) is 6.05. The smallest absolute Gasteiger partial charge is 0.241 e. The highest BCUT2D eigenvalue weighted by molar-refractivity contribution is 5.95. The van der Waals surface area contributed by atoms with Crippen molar-refractivity contribution in [1.29, 1.82) is 0 Å². The van der Waals surface area contributed by atoms with Gasteiger partial charge in [0, 0.05) is 37.2 Å². The Morgan fingerprint density at radius 1 is 1.18 bits per heavy atom. The number of nitrogens with one attached hydrogen (secondary N) is 1. The molecule has 3 aliphatic rings. The molecule has 4 nitrogen and oxygen atoms in total. The summed E-state index contributed by atoms with van der Waals surface area (Å²) in [6.07, 6.45) is 2.68. The molecule has 2 fully saturated rings. The zero-order chi connectivity index (χ0) is 19.1. The monoisotopic (exact) mass is 380 g/mol. The normalized spacial score (nSPS) is 24.0. The Balaban J connectivity index is 1.29. The summed E-state index contributed by atoms with van der Waals surface area (Å²) in [5.74, 6) is 1.48. The first-order valence-electron chi connectivity index (χ1n) is 10.2. The van der Waals surface area contributed by atoms with Crippen molar-refractivity contribution in [2.24, 2.45) is 0 Å². The van der Waals surface area contributed by atoms with Gasteiger partial charge < -0.3 is 10.1 Å². The zero-order valence-corrected chi connectivity index (χ0v) is 15.9. The van der Waals surface area contributed by atoms with Crippen LogP contribution in [0.3, 0.4) is 0 Å². The topological polar surface area (TPSA) is 41.6 Å². The fourth-order valence-electron chi connectivity index (χ4n) is 4.40. The fourth-order valence-corrected chi connectivity index (χ4v) is 4.40. The first-order chi connectivity index (χ1) is 13.7. The van der Waals surface area contributed by atoms with Crippen LogP contribution in [0.5, 0.6) is 5.75 Å². The number of anilines is 1. The van der Waals surface area contributed by atoms with E-state index in [1.54, 1.807) is 0 Å². The third kappa shape index (κ3) is 3.51. The fraction of sp³-hybridized carbons (Fsp3) is 0.435. The minimum Gasteiger partial charge on any atom is -0.493 e. The number of alkyl halides is 1. The molecule has 0 bridgehead atoms. The first kappa shape index (κ1) is 17.7. The van der Waals surface area contributed by atoms with E-state index in [9.17, 15) is 9.18 Å². The van der Waals surface area contributed by atoms with E-state index < -0.39 is 12.2 Å². The van der Waals surface area contributed by atoms with Crippen molar-refractivity contribution in [2.75, 3.05) is 18.5 Å². The third-order valence-electron chi connectivity index (χ3n) is 6.05. The Bertz CT molecular complexity index is 879. The predicted octanol–water partition coefficient (Wildman–Crippen LogP) is 4.05. The molecule has 28 heavy (non-hydrogen) atoms. The molecule has 2 aromatic carbocycles. The molecule has 1 N–H and O–H groups in total. The summed E-state index contributed by atoms with van der Waals surface area (Å²) in [6.45, 7) is 1.50. The largest absolute Gasteiger partial charge is 0.493 e. The molecule has 0 spiro atoms. The molecule has 0 aromatic heterocycles. The highest BCUT2D eigenvalue weighted by Gasteiger charge is 2.37. The average molecular weight is 380 g/mol. The van der Waals surface area contributed by atoms with Crippen molar-refractivity contribution < 1.29 is 13.9 Å². The Kier molecular flexibility index (Phi) is 4.55. The van der Waals surface area contributed by atoms with E-state index >= 15 is 0 Å². The molecule has 0 unspecified atom stereocenters. The van der Waals surface area contributed by atoms with Gasteiger partial charge in [0.15, 0.2) is 0 Å². The molecular weight excluding hydrogens is 355 g/mol. The van der Waals surface area contributed by atoms with E-state index in [0.717, 1.165) is 23.4 Å². The lowest BCUT2D eigenvalue weighted by molar-refractivity contribution is -0.120. The quantitative estimate of drug-likeness (QED) is 0.851. The van der Waals surface area contributed by atoms with Crippen LogP contribution in [-0.2, 0) is 17.8 Å². The van der Waals surface area contributed by atoms with Crippen LogP contribution in [0, 0.1) is 0 Å². The van der Waals surface area contributed by atoms with Crippen LogP contribution in [0.2, 0.25) is 0 Å². The maximum Gasteiger partial charge on any atom is 0.241 e. The van der Waals surface area contributed by atoms with Gasteiger partial charge in [0.1, 0.15) is 11.9 Å². The highest BCUT2D eigenvalue weighted by Crippen LogP contribution is 2.40. The zero-order valence-electron chi connectivity index (χ0n) is 15.9. The molecule has 5 heteroatoms. The molecule has 1 saturated carbocycles. The van der Waals surface area contributed by atoms with E-state index in [1.807, 2.05) is 29.2 Å². The van der Waals surface area contributed by atoms with Gasteiger partial charge in [0.2, 0.25) is 5.91 Å². The molecule has 1 aliphatic carbocycles. The Morgan fingerprint density at radius 2 is 2.00 bits per heavy atom. The number of para-hydroxylation sites is 1. The number of carbonyl (C=O) groups excluding carboxylic acids is 1. The van der Waals surface area contributed by atoms with Gasteiger partial charge in [-0.25, -0.2) is 4.39 Å². The molecule has 146 valence electrons. The molecule has 2 aliphatic heterocycles. The number of hydrogen-bond acceptors (Lipinski definition) is 3. The summed E-state index contributed by atoms with van der Waals surface area (Å²) in [6, 6.07) is 13.7. The second-order valence-corrected chi connectivity index (χ2v) is 8.17. The predicted molar refractivity (Wildman–Crippen MR) is 106 cm³/mol. The van der Waals surface area contributed by atoms with Gasteiger partial charge in [-0.2, -0.15) is 0 Å². The van der Waals surface area contributed by atoms with Crippen molar-refractivity contribution in [2.45, 2.75) is 50.4 Å². The maximum atomic E-state index is 14.2. The molecule has 1 amide bonds. The summed E-state index contributed by atoms with van der Waals surface area (Å²) in [5.41, 5.74) is 4.35. The lowest BCUT2D eigenvalue weighted by Gasteiger charge is -2.24. The molecular formula is C23H25FN2O2. The van der Waals surface area contributed by atoms with Crippen molar-refractivity contribution >= 4 is 11.6 Å². The van der Waals surface area contributed by atoms with Crippen molar-refractivity contribution in [3.8, 4) is 5.75 Å². The number of ether oxygens (including phenoxy) is 1. The average Bonchev–Trinajstić information content (AvgIpc) is 3.31. The summed E-state index contributed by atoms with van der Waals surface area (Å²) in [7, 11) is 0. The van der Waals surface area contributed by atoms with Gasteiger partial charge in [-0.15, -0.1) is 0 Å². The number of nitrogens with zero attached hydrogens (tertiary/aromatic N) is 1. The number of likely N-dealkylation sites (tertiary alicyclic amines) is 1. The number of carbonyl (C=O) groups is 1. The molecule has 2 heterocycles. The maximum absolute atomic E-state index is 14.2. The summed E-state index contributed by atoms with van der Waals surface area (Å²) >= 11 is 0. The minimum atomic E-state index is -0.981. The van der Waals surface area contributed by atoms with Crippen molar-refractivity contribution in [3.63, 3.8) is 0 Å². The van der Waals surface area contributed by atoms with Crippen LogP contribution in [0.4, 0.5) is 10.1 Å². The summed E-state index contributed by atoms with van der Waals surface area (Å²) in [5, 5.41) is 2.98. The molecule has 0 radical (unpaired) electrons. The van der Waals surface area contributed by atoms with Crippen LogP contribution < -0.4 is 10.1 Å². The van der Waals surface area contributed by atoms with Gasteiger partial charge >= 0.3 is 0 Å². The van der Waals surface area contributed by atoms with Crippen molar-refractivity contribution in [1.82, 2.24) is 4.90 Å². The SMILES string of the molecule is O=C(Nc1ccc(C2CC2)cc1)[C@H]1C[C@H](F)CN1Cc1cccc2c1OCC2. The molecule has 1 saturated heterocycles. The number of benzene rings is 2. The highest BCUT2D eigenvalue weighted by atomic mass is 19.1. The van der Waals surface area contributed by atoms with Gasteiger partial charge in [-0.05, 0) is 42.0 Å². The number of halogens is 1. The van der Waals surface area contributed by atoms with E-state index in [2.05, 4.69) is 23.5 Å². The molecule has 2 atom stereocenters. The minimum absolute atomic E-state index is 0.132. The molecule has 2 aromatic rings. The summed E-state index contributed by atoms with van der Waals surface area (Å²) < 4.78 is 20.0. The van der Waals surface area contributed by atoms with Crippen LogP contribution >= 0.6 is 0 Å². The number of rotatable bonds is 5. The Morgan fingerprint density at radius 3 is 2.79 bits per heavy atom. The van der Waals surface area contributed by atoms with Gasteiger partial charge in [0.05, 0.1) is 12.6 Å². The van der Waals surface area contributed by atoms with Crippen LogP contribution in [-0.4, -0.2) is 36.2 Å². The first-order valence-corrected chi connectivity index (χ1v) is 10.2. The van der Waals surface area contributed by atoms with Crippen LogP contribution in [0.25, 0.3) is 0 Å². The lowest BCUT2D eigenvalue weighted by Crippen LogP contribution is -2.39. The second kappa shape index (κ2) is 7.21. The van der Waals surface area contributed by atoms with Gasteiger partial charge in [-0.3, -0.25) is 9.69 Å². The van der Waals surface area contributed by atoms with Crippen molar-refractivity contribution in [3.05, 3.63) is 59.2 Å². The number of hydrogen-bond donors (Lipinski definition) is 1. The second-order valence-electron chi connectivity index (χ2n) is 8.17. The van der Waals surface area contributed by atoms with Gasteiger partial charge in [0.25, 0.3) is 0 Å². The van der Waals surface area contributed by atoms with Crippen LogP contribution in [0.1, 0.15) is 41.9 Å². The van der Waals surface area contributed by atoms with E-state index in [4.69, 9.17) is 4.74 Å². The summed E-state index contributed by atoms with van der Waals surface area (Å²) in [4.78, 5) is 14.8. The Hall–Kier alpha value is -2.40. The Labute approximate surface area is 164 Å². The van der Waals surface area contributed by atoms with E-state index in [1.165, 1.54) is 24.0 Å². The van der Waals surface area contributed by atoms with Gasteiger partial charge in [-0.1, -0.05) is 30.3 Å². The van der Waals surface area contributed by atoms with Crippen LogP contribution in [0.15, 0.2) is 42.5 Å². The standard InChI is InChI=1S/C23H25FN2O2/c24-19-12-21(23(27)25-20-8-6-16(7-9-20)15-4-5-15)26(14-19)13-18-3-1-2-17-10-11-28-22(17)18/h1-3,6-9,15,19,21H,4-5,10-14H2,(H,25,27)/t19-,21+/m0/s1. The van der Waals surface area contributed by atoms with E-state index in [0.29, 0.717) is 19.1 Å². The number of fused-ring (bicyclic) bond motifs is 1. The number of amides is 1. The van der Waals surface area contributed by atoms with E-state index in [-0.39, 0.29) is 18.9 Å². The molecule has 5 rings (SSSR count). The lowest BCUT2D eigenvalue weighted by atomic mass is 10.1.